The molecule has 8 heteroatoms. The number of aliphatic hydroxyl groups excluding tert-OH is 2. The lowest BCUT2D eigenvalue weighted by Gasteiger charge is -2.23. The van der Waals surface area contributed by atoms with Gasteiger partial charge in [-0.25, -0.2) is 0 Å². The monoisotopic (exact) mass is 489 g/mol. The number of rotatable bonds is 10. The third kappa shape index (κ3) is 6.82. The molecule has 3 N–H and O–H groups in total. The van der Waals surface area contributed by atoms with Crippen molar-refractivity contribution in [2.75, 3.05) is 14.2 Å². The molecule has 0 aliphatic heterocycles. The first kappa shape index (κ1) is 26.7. The third-order valence-corrected chi connectivity index (χ3v) is 5.90. The van der Waals surface area contributed by atoms with Crippen molar-refractivity contribution in [1.29, 1.82) is 0 Å². The minimum Gasteiger partial charge on any atom is -0.496 e. The number of methoxy groups -OCH3 is 2. The lowest BCUT2D eigenvalue weighted by Crippen LogP contribution is -2.32. The van der Waals surface area contributed by atoms with Gasteiger partial charge >= 0.3 is 6.18 Å². The molecule has 0 spiro atoms. The van der Waals surface area contributed by atoms with Crippen molar-refractivity contribution < 1.29 is 32.9 Å². The van der Waals surface area contributed by atoms with Crippen LogP contribution >= 0.6 is 0 Å². The van der Waals surface area contributed by atoms with Gasteiger partial charge in [-0.15, -0.1) is 0 Å². The maximum atomic E-state index is 13.5. The molecule has 0 fully saturated rings. The van der Waals surface area contributed by atoms with Crippen molar-refractivity contribution in [3.05, 3.63) is 89.0 Å². The van der Waals surface area contributed by atoms with Crippen LogP contribution in [-0.4, -0.2) is 36.8 Å². The first-order chi connectivity index (χ1) is 16.6. The molecule has 3 atom stereocenters. The Morgan fingerprint density at radius 3 is 2.26 bits per heavy atom. The summed E-state index contributed by atoms with van der Waals surface area (Å²) in [7, 11) is 2.88. The highest BCUT2D eigenvalue weighted by atomic mass is 19.4. The molecule has 0 aromatic heterocycles. The van der Waals surface area contributed by atoms with Gasteiger partial charge in [0.05, 0.1) is 18.8 Å². The van der Waals surface area contributed by atoms with Crippen LogP contribution in [0.1, 0.15) is 35.3 Å². The lowest BCUT2D eigenvalue weighted by atomic mass is 9.94. The molecule has 0 aliphatic carbocycles. The molecular formula is C27H30F3NO4. The van der Waals surface area contributed by atoms with Crippen LogP contribution in [0.25, 0.3) is 11.1 Å². The molecule has 0 saturated heterocycles. The summed E-state index contributed by atoms with van der Waals surface area (Å²) in [6.45, 7) is 1.86. The maximum absolute atomic E-state index is 13.5. The second kappa shape index (κ2) is 11.7. The van der Waals surface area contributed by atoms with Gasteiger partial charge in [-0.3, -0.25) is 0 Å². The largest absolute Gasteiger partial charge is 0.496 e. The Morgan fingerprint density at radius 1 is 0.914 bits per heavy atom. The minimum atomic E-state index is -4.50. The predicted octanol–water partition coefficient (Wildman–Crippen LogP) is 5.10. The van der Waals surface area contributed by atoms with Crippen molar-refractivity contribution in [2.24, 2.45) is 0 Å². The molecule has 0 heterocycles. The van der Waals surface area contributed by atoms with Crippen LogP contribution in [0.5, 0.6) is 5.75 Å². The van der Waals surface area contributed by atoms with Gasteiger partial charge in [-0.2, -0.15) is 13.2 Å². The number of nitrogens with one attached hydrogen (secondary N) is 1. The molecule has 3 aromatic carbocycles. The van der Waals surface area contributed by atoms with Gasteiger partial charge in [0.15, 0.2) is 6.29 Å². The molecule has 0 saturated carbocycles. The molecule has 3 aromatic rings. The van der Waals surface area contributed by atoms with E-state index in [1.54, 1.807) is 37.3 Å². The van der Waals surface area contributed by atoms with Crippen LogP contribution in [0, 0.1) is 0 Å². The zero-order valence-electron chi connectivity index (χ0n) is 19.8. The highest BCUT2D eigenvalue weighted by molar-refractivity contribution is 5.74. The number of ether oxygens (including phenoxy) is 2. The highest BCUT2D eigenvalue weighted by Gasteiger charge is 2.31. The van der Waals surface area contributed by atoms with Gasteiger partial charge in [-0.05, 0) is 53.4 Å². The van der Waals surface area contributed by atoms with Crippen LogP contribution in [0.15, 0.2) is 66.7 Å². The van der Waals surface area contributed by atoms with Gasteiger partial charge in [0, 0.05) is 31.7 Å². The van der Waals surface area contributed by atoms with E-state index in [9.17, 15) is 23.4 Å². The summed E-state index contributed by atoms with van der Waals surface area (Å²) in [5.41, 5.74) is 2.23. The Morgan fingerprint density at radius 2 is 1.63 bits per heavy atom. The van der Waals surface area contributed by atoms with Crippen molar-refractivity contribution in [2.45, 2.75) is 44.5 Å². The number of benzene rings is 3. The van der Waals surface area contributed by atoms with Gasteiger partial charge in [0.2, 0.25) is 0 Å². The Bertz CT molecular complexity index is 1110. The zero-order valence-corrected chi connectivity index (χ0v) is 19.8. The average Bonchev–Trinajstić information content (AvgIpc) is 2.86. The first-order valence-electron chi connectivity index (χ1n) is 11.2. The zero-order chi connectivity index (χ0) is 25.6. The van der Waals surface area contributed by atoms with Gasteiger partial charge in [0.1, 0.15) is 5.75 Å². The molecule has 0 bridgehead atoms. The van der Waals surface area contributed by atoms with E-state index in [-0.39, 0.29) is 13.0 Å². The molecule has 5 nitrogen and oxygen atoms in total. The third-order valence-electron chi connectivity index (χ3n) is 5.90. The summed E-state index contributed by atoms with van der Waals surface area (Å²) in [5, 5.41) is 23.7. The molecule has 0 amide bonds. The van der Waals surface area contributed by atoms with Crippen molar-refractivity contribution in [3.63, 3.8) is 0 Å². The van der Waals surface area contributed by atoms with E-state index in [0.717, 1.165) is 17.7 Å². The molecule has 188 valence electrons. The second-order valence-corrected chi connectivity index (χ2v) is 8.32. The topological polar surface area (TPSA) is 71.0 Å². The fourth-order valence-electron chi connectivity index (χ4n) is 3.88. The van der Waals surface area contributed by atoms with Gasteiger partial charge < -0.3 is 25.0 Å². The van der Waals surface area contributed by atoms with Crippen molar-refractivity contribution in [1.82, 2.24) is 5.32 Å². The molecule has 0 aliphatic rings. The number of halogens is 3. The van der Waals surface area contributed by atoms with E-state index in [1.807, 2.05) is 18.2 Å². The van der Waals surface area contributed by atoms with E-state index < -0.39 is 30.2 Å². The summed E-state index contributed by atoms with van der Waals surface area (Å²) >= 11 is 0. The quantitative estimate of drug-likeness (QED) is 0.346. The average molecular weight is 490 g/mol. The predicted molar refractivity (Wildman–Crippen MR) is 128 cm³/mol. The van der Waals surface area contributed by atoms with Crippen LogP contribution in [-0.2, 0) is 23.9 Å². The highest BCUT2D eigenvalue weighted by Crippen LogP contribution is 2.37. The standard InChI is InChI=1S/C27H30F3NO4/c1-17(26(33)19-7-5-4-6-8-19)31-16-20-15-21(27(28,29)30)10-11-22(20)23-13-18(14-25(32)35-3)9-12-24(23)34-2/h4-13,15,17,25-26,31-33H,14,16H2,1-3H3/t17-,25?,26-/m0/s1. The fourth-order valence-corrected chi connectivity index (χ4v) is 3.88. The number of hydrogen-bond acceptors (Lipinski definition) is 5. The lowest BCUT2D eigenvalue weighted by molar-refractivity contribution is -0.137. The summed E-state index contributed by atoms with van der Waals surface area (Å²) in [5.74, 6) is 0.485. The fraction of sp³-hybridized carbons (Fsp3) is 0.333. The Labute approximate surface area is 203 Å². The number of alkyl halides is 3. The second-order valence-electron chi connectivity index (χ2n) is 8.32. The Balaban J connectivity index is 1.97. The van der Waals surface area contributed by atoms with E-state index >= 15 is 0 Å². The van der Waals surface area contributed by atoms with Crippen molar-refractivity contribution in [3.8, 4) is 16.9 Å². The van der Waals surface area contributed by atoms with Crippen LogP contribution in [0.3, 0.4) is 0 Å². The van der Waals surface area contributed by atoms with Crippen molar-refractivity contribution >= 4 is 0 Å². The molecule has 35 heavy (non-hydrogen) atoms. The summed E-state index contributed by atoms with van der Waals surface area (Å²) < 4.78 is 51.0. The van der Waals surface area contributed by atoms with Gasteiger partial charge in [0.25, 0.3) is 0 Å². The number of aliphatic hydroxyl groups is 2. The van der Waals surface area contributed by atoms with E-state index in [1.165, 1.54) is 20.3 Å². The summed E-state index contributed by atoms with van der Waals surface area (Å²) in [6, 6.07) is 17.5. The summed E-state index contributed by atoms with van der Waals surface area (Å²) in [4.78, 5) is 0. The van der Waals surface area contributed by atoms with Crippen LogP contribution in [0.4, 0.5) is 13.2 Å². The van der Waals surface area contributed by atoms with E-state index in [4.69, 9.17) is 9.47 Å². The van der Waals surface area contributed by atoms with E-state index in [2.05, 4.69) is 5.32 Å². The van der Waals surface area contributed by atoms with Crippen LogP contribution < -0.4 is 10.1 Å². The SMILES string of the molecule is COc1ccc(CC(O)OC)cc1-c1ccc(C(F)(F)F)cc1CN[C@@H](C)[C@H](O)c1ccccc1. The first-order valence-corrected chi connectivity index (χ1v) is 11.2. The Hall–Kier alpha value is -2.91. The van der Waals surface area contributed by atoms with E-state index in [0.29, 0.717) is 28.0 Å². The maximum Gasteiger partial charge on any atom is 0.416 e. The molecule has 1 unspecified atom stereocenters. The molecule has 0 radical (unpaired) electrons. The summed E-state index contributed by atoms with van der Waals surface area (Å²) in [6.07, 6.45) is -6.14. The van der Waals surface area contributed by atoms with Crippen LogP contribution in [0.2, 0.25) is 0 Å². The molecular weight excluding hydrogens is 459 g/mol. The minimum absolute atomic E-state index is 0.0817. The van der Waals surface area contributed by atoms with Gasteiger partial charge in [-0.1, -0.05) is 42.5 Å². The normalized spacial score (nSPS) is 14.4. The number of hydrogen-bond donors (Lipinski definition) is 3. The molecule has 3 rings (SSSR count). The Kier molecular flexibility index (Phi) is 8.91. The smallest absolute Gasteiger partial charge is 0.416 e.